The molecule has 0 atom stereocenters. The largest absolute Gasteiger partial charge is 0.411 e. The molecular weight excluding hydrogens is 164 g/mol. The van der Waals surface area contributed by atoms with E-state index in [-0.39, 0.29) is 0 Å². The van der Waals surface area contributed by atoms with Gasteiger partial charge in [-0.2, -0.15) is 0 Å². The Kier molecular flexibility index (Phi) is 8.67. The van der Waals surface area contributed by atoms with Crippen molar-refractivity contribution in [3.05, 3.63) is 12.7 Å². The summed E-state index contributed by atoms with van der Waals surface area (Å²) in [4.78, 5) is 2.30. The predicted octanol–water partition coefficient (Wildman–Crippen LogP) is 2.12. The van der Waals surface area contributed by atoms with Gasteiger partial charge in [0.25, 0.3) is 0 Å². The van der Waals surface area contributed by atoms with Crippen LogP contribution in [-0.4, -0.2) is 36.0 Å². The second-order valence-electron chi connectivity index (χ2n) is 3.03. The van der Waals surface area contributed by atoms with Crippen LogP contribution in [0.4, 0.5) is 0 Å². The summed E-state index contributed by atoms with van der Waals surface area (Å²) >= 11 is 0. The minimum atomic E-state index is 0.800. The van der Waals surface area contributed by atoms with Crippen molar-refractivity contribution < 1.29 is 5.21 Å². The molecule has 3 heteroatoms. The van der Waals surface area contributed by atoms with Crippen LogP contribution in [0, 0.1) is 0 Å². The number of unbranched alkanes of at least 4 members (excludes halogenated alkanes) is 1. The van der Waals surface area contributed by atoms with Crippen molar-refractivity contribution in [1.82, 2.24) is 4.90 Å². The molecule has 13 heavy (non-hydrogen) atoms. The lowest BCUT2D eigenvalue weighted by atomic mass is 10.3. The summed E-state index contributed by atoms with van der Waals surface area (Å²) in [6.45, 7) is 8.85. The quantitative estimate of drug-likeness (QED) is 0.271. The summed E-state index contributed by atoms with van der Waals surface area (Å²) in [6.07, 6.45) is 6.66. The molecule has 76 valence electrons. The third kappa shape index (κ3) is 7.53. The van der Waals surface area contributed by atoms with Gasteiger partial charge in [-0.3, -0.25) is 4.90 Å². The zero-order chi connectivity index (χ0) is 9.94. The Bertz CT molecular complexity index is 146. The van der Waals surface area contributed by atoms with Gasteiger partial charge in [0.15, 0.2) is 0 Å². The molecule has 0 fully saturated rings. The van der Waals surface area contributed by atoms with E-state index >= 15 is 0 Å². The van der Waals surface area contributed by atoms with Gasteiger partial charge in [0, 0.05) is 19.3 Å². The van der Waals surface area contributed by atoms with Gasteiger partial charge in [-0.15, -0.1) is 11.7 Å². The SMILES string of the molecule is C=CCN(CC/C=N/O)CCCC. The molecule has 0 aliphatic heterocycles. The third-order valence-electron chi connectivity index (χ3n) is 1.87. The fourth-order valence-corrected chi connectivity index (χ4v) is 1.16. The minimum absolute atomic E-state index is 0.800. The zero-order valence-corrected chi connectivity index (χ0v) is 8.45. The number of hydrogen-bond donors (Lipinski definition) is 1. The van der Waals surface area contributed by atoms with Crippen LogP contribution in [0.5, 0.6) is 0 Å². The van der Waals surface area contributed by atoms with E-state index < -0.39 is 0 Å². The minimum Gasteiger partial charge on any atom is -0.411 e. The number of rotatable bonds is 8. The monoisotopic (exact) mass is 184 g/mol. The van der Waals surface area contributed by atoms with E-state index in [2.05, 4.69) is 23.6 Å². The molecule has 3 nitrogen and oxygen atoms in total. The normalized spacial score (nSPS) is 11.2. The van der Waals surface area contributed by atoms with Crippen molar-refractivity contribution in [2.45, 2.75) is 26.2 Å². The molecule has 0 aromatic carbocycles. The number of oxime groups is 1. The van der Waals surface area contributed by atoms with Gasteiger partial charge >= 0.3 is 0 Å². The maximum atomic E-state index is 8.22. The van der Waals surface area contributed by atoms with Gasteiger partial charge in [0.1, 0.15) is 0 Å². The Morgan fingerprint density at radius 2 is 2.23 bits per heavy atom. The van der Waals surface area contributed by atoms with Crippen LogP contribution < -0.4 is 0 Å². The molecule has 0 aliphatic carbocycles. The van der Waals surface area contributed by atoms with Gasteiger partial charge in [0.2, 0.25) is 0 Å². The second-order valence-corrected chi connectivity index (χ2v) is 3.03. The zero-order valence-electron chi connectivity index (χ0n) is 8.45. The Morgan fingerprint density at radius 3 is 2.77 bits per heavy atom. The van der Waals surface area contributed by atoms with Gasteiger partial charge in [-0.05, 0) is 19.4 Å². The molecule has 0 saturated heterocycles. The summed E-state index contributed by atoms with van der Waals surface area (Å²) in [5.41, 5.74) is 0. The first kappa shape index (κ1) is 12.2. The average molecular weight is 184 g/mol. The highest BCUT2D eigenvalue weighted by Crippen LogP contribution is 1.96. The highest BCUT2D eigenvalue weighted by Gasteiger charge is 1.99. The molecule has 0 bridgehead atoms. The lowest BCUT2D eigenvalue weighted by Gasteiger charge is -2.18. The van der Waals surface area contributed by atoms with Crippen LogP contribution >= 0.6 is 0 Å². The number of nitrogens with zero attached hydrogens (tertiary/aromatic N) is 2. The highest BCUT2D eigenvalue weighted by molar-refractivity contribution is 5.56. The third-order valence-corrected chi connectivity index (χ3v) is 1.87. The molecule has 0 aliphatic rings. The molecule has 0 aromatic heterocycles. The van der Waals surface area contributed by atoms with Gasteiger partial charge in [-0.25, -0.2) is 0 Å². The van der Waals surface area contributed by atoms with Crippen LogP contribution in [0.15, 0.2) is 17.8 Å². The lowest BCUT2D eigenvalue weighted by molar-refractivity contribution is 0.300. The molecule has 0 amide bonds. The number of hydrogen-bond acceptors (Lipinski definition) is 3. The first-order valence-electron chi connectivity index (χ1n) is 4.84. The van der Waals surface area contributed by atoms with Crippen molar-refractivity contribution in [2.24, 2.45) is 5.16 Å². The molecule has 1 N–H and O–H groups in total. The lowest BCUT2D eigenvalue weighted by Crippen LogP contribution is -2.26. The van der Waals surface area contributed by atoms with Gasteiger partial charge < -0.3 is 5.21 Å². The topological polar surface area (TPSA) is 35.8 Å². The van der Waals surface area contributed by atoms with Crippen molar-refractivity contribution in [3.63, 3.8) is 0 Å². The Balaban J connectivity index is 3.58. The van der Waals surface area contributed by atoms with E-state index in [0.29, 0.717) is 0 Å². The summed E-state index contributed by atoms with van der Waals surface area (Å²) in [5.74, 6) is 0. The van der Waals surface area contributed by atoms with Crippen LogP contribution in [0.3, 0.4) is 0 Å². The molecule has 0 spiro atoms. The molecule has 0 saturated carbocycles. The van der Waals surface area contributed by atoms with Crippen LogP contribution in [0.2, 0.25) is 0 Å². The first-order chi connectivity index (χ1) is 6.35. The summed E-state index contributed by atoms with van der Waals surface area (Å²) in [5, 5.41) is 11.2. The molecule has 0 aromatic rings. The van der Waals surface area contributed by atoms with E-state index in [0.717, 1.165) is 26.1 Å². The maximum Gasteiger partial charge on any atom is 0.0448 e. The smallest absolute Gasteiger partial charge is 0.0448 e. The Labute approximate surface area is 80.7 Å². The first-order valence-corrected chi connectivity index (χ1v) is 4.84. The molecule has 0 heterocycles. The fraction of sp³-hybridized carbons (Fsp3) is 0.700. The molecule has 0 rings (SSSR count). The fourth-order valence-electron chi connectivity index (χ4n) is 1.16. The van der Waals surface area contributed by atoms with Crippen molar-refractivity contribution >= 4 is 6.21 Å². The van der Waals surface area contributed by atoms with E-state index in [1.807, 2.05) is 6.08 Å². The maximum absolute atomic E-state index is 8.22. The van der Waals surface area contributed by atoms with E-state index in [1.165, 1.54) is 19.1 Å². The van der Waals surface area contributed by atoms with Gasteiger partial charge in [0.05, 0.1) is 0 Å². The Hall–Kier alpha value is -0.830. The Morgan fingerprint density at radius 1 is 1.46 bits per heavy atom. The second kappa shape index (κ2) is 9.26. The molecular formula is C10H20N2O. The predicted molar refractivity (Wildman–Crippen MR) is 56.4 cm³/mol. The van der Waals surface area contributed by atoms with Gasteiger partial charge in [-0.1, -0.05) is 19.4 Å². The van der Waals surface area contributed by atoms with Crippen LogP contribution in [-0.2, 0) is 0 Å². The summed E-state index contributed by atoms with van der Waals surface area (Å²) in [7, 11) is 0. The van der Waals surface area contributed by atoms with Crippen molar-refractivity contribution in [3.8, 4) is 0 Å². The van der Waals surface area contributed by atoms with E-state index in [9.17, 15) is 0 Å². The van der Waals surface area contributed by atoms with Crippen LogP contribution in [0.1, 0.15) is 26.2 Å². The van der Waals surface area contributed by atoms with E-state index in [1.54, 1.807) is 0 Å². The summed E-state index contributed by atoms with van der Waals surface area (Å²) < 4.78 is 0. The highest BCUT2D eigenvalue weighted by atomic mass is 16.4. The van der Waals surface area contributed by atoms with Crippen molar-refractivity contribution in [2.75, 3.05) is 19.6 Å². The molecule has 0 unspecified atom stereocenters. The molecule has 0 radical (unpaired) electrons. The standard InChI is InChI=1S/C10H20N2O/c1-3-5-9-12(8-4-2)10-6-7-11-13/h4,7,13H,2-3,5-6,8-10H2,1H3/b11-7+. The van der Waals surface area contributed by atoms with E-state index in [4.69, 9.17) is 5.21 Å². The van der Waals surface area contributed by atoms with Crippen molar-refractivity contribution in [1.29, 1.82) is 0 Å². The summed E-state index contributed by atoms with van der Waals surface area (Å²) in [6, 6.07) is 0. The van der Waals surface area contributed by atoms with Crippen LogP contribution in [0.25, 0.3) is 0 Å². The average Bonchev–Trinajstić information content (AvgIpc) is 2.14.